The minimum atomic E-state index is -0.718. The molecule has 2 N–H and O–H groups in total. The third kappa shape index (κ3) is 3.89. The molecule has 0 saturated carbocycles. The lowest BCUT2D eigenvalue weighted by atomic mass is 10.2. The van der Waals surface area contributed by atoms with Gasteiger partial charge in [0.25, 0.3) is 0 Å². The normalized spacial score (nSPS) is 12.7. The molecule has 108 valence electrons. The van der Waals surface area contributed by atoms with Crippen LogP contribution in [0.1, 0.15) is 38.2 Å². The van der Waals surface area contributed by atoms with Gasteiger partial charge < -0.3 is 15.1 Å². The van der Waals surface area contributed by atoms with Crippen LogP contribution in [-0.4, -0.2) is 34.3 Å². The molecule has 6 nitrogen and oxygen atoms in total. The van der Waals surface area contributed by atoms with E-state index in [-0.39, 0.29) is 18.3 Å². The third-order valence-electron chi connectivity index (χ3n) is 2.76. The van der Waals surface area contributed by atoms with Gasteiger partial charge in [-0.2, -0.15) is 0 Å². The SMILES string of the molecule is CC(C)N(CCCO)c1sc([C@H](C)O)cc1[N+](=O)[O-]. The summed E-state index contributed by atoms with van der Waals surface area (Å²) in [5, 5.41) is 30.1. The van der Waals surface area contributed by atoms with Crippen molar-refractivity contribution in [3.63, 3.8) is 0 Å². The largest absolute Gasteiger partial charge is 0.396 e. The molecule has 0 unspecified atom stereocenters. The van der Waals surface area contributed by atoms with E-state index in [2.05, 4.69) is 0 Å². The first kappa shape index (κ1) is 15.9. The fraction of sp³-hybridized carbons (Fsp3) is 0.667. The summed E-state index contributed by atoms with van der Waals surface area (Å²) in [4.78, 5) is 13.2. The second-order valence-corrected chi connectivity index (χ2v) is 5.70. The molecule has 0 saturated heterocycles. The van der Waals surface area contributed by atoms with Gasteiger partial charge in [0.05, 0.1) is 11.0 Å². The summed E-state index contributed by atoms with van der Waals surface area (Å²) in [5.41, 5.74) is 0.0209. The predicted molar refractivity (Wildman–Crippen MR) is 75.8 cm³/mol. The van der Waals surface area contributed by atoms with E-state index in [1.54, 1.807) is 6.92 Å². The maximum atomic E-state index is 11.1. The highest BCUT2D eigenvalue weighted by molar-refractivity contribution is 7.16. The van der Waals surface area contributed by atoms with Crippen LogP contribution in [0.25, 0.3) is 0 Å². The number of anilines is 1. The van der Waals surface area contributed by atoms with Gasteiger partial charge in [0.1, 0.15) is 0 Å². The number of hydrogen-bond donors (Lipinski definition) is 2. The zero-order chi connectivity index (χ0) is 14.6. The number of rotatable bonds is 7. The maximum absolute atomic E-state index is 11.1. The van der Waals surface area contributed by atoms with Crippen LogP contribution < -0.4 is 4.90 Å². The van der Waals surface area contributed by atoms with Gasteiger partial charge in [0.2, 0.25) is 0 Å². The second-order valence-electron chi connectivity index (χ2n) is 4.64. The van der Waals surface area contributed by atoms with Gasteiger partial charge in [0, 0.05) is 30.1 Å². The van der Waals surface area contributed by atoms with E-state index < -0.39 is 11.0 Å². The summed E-state index contributed by atoms with van der Waals surface area (Å²) in [5.74, 6) is 0. The Morgan fingerprint density at radius 2 is 2.11 bits per heavy atom. The first-order chi connectivity index (χ1) is 8.88. The Morgan fingerprint density at radius 1 is 1.47 bits per heavy atom. The van der Waals surface area contributed by atoms with Crippen LogP contribution in [0.3, 0.4) is 0 Å². The van der Waals surface area contributed by atoms with Gasteiger partial charge in [-0.3, -0.25) is 10.1 Å². The van der Waals surface area contributed by atoms with Crippen molar-refractivity contribution in [2.75, 3.05) is 18.1 Å². The van der Waals surface area contributed by atoms with E-state index in [4.69, 9.17) is 5.11 Å². The van der Waals surface area contributed by atoms with Gasteiger partial charge >= 0.3 is 5.69 Å². The van der Waals surface area contributed by atoms with Crippen molar-refractivity contribution in [1.82, 2.24) is 0 Å². The highest BCUT2D eigenvalue weighted by atomic mass is 32.1. The lowest BCUT2D eigenvalue weighted by molar-refractivity contribution is -0.383. The van der Waals surface area contributed by atoms with Gasteiger partial charge in [-0.05, 0) is 27.2 Å². The van der Waals surface area contributed by atoms with Crippen molar-refractivity contribution < 1.29 is 15.1 Å². The van der Waals surface area contributed by atoms with Crippen LogP contribution in [0.4, 0.5) is 10.7 Å². The molecule has 7 heteroatoms. The van der Waals surface area contributed by atoms with Crippen LogP contribution >= 0.6 is 11.3 Å². The molecule has 0 bridgehead atoms. The molecule has 1 aromatic rings. The van der Waals surface area contributed by atoms with E-state index in [1.165, 1.54) is 17.4 Å². The zero-order valence-electron chi connectivity index (χ0n) is 11.4. The Kier molecular flexibility index (Phi) is 5.71. The molecule has 0 aliphatic heterocycles. The molecule has 1 rings (SSSR count). The van der Waals surface area contributed by atoms with Crippen molar-refractivity contribution in [3.05, 3.63) is 21.1 Å². The van der Waals surface area contributed by atoms with Crippen molar-refractivity contribution in [2.24, 2.45) is 0 Å². The Labute approximate surface area is 116 Å². The van der Waals surface area contributed by atoms with Crippen LogP contribution in [0, 0.1) is 10.1 Å². The first-order valence-electron chi connectivity index (χ1n) is 6.22. The molecule has 1 heterocycles. The maximum Gasteiger partial charge on any atom is 0.304 e. The van der Waals surface area contributed by atoms with Crippen molar-refractivity contribution >= 4 is 22.0 Å². The average Bonchev–Trinajstić information content (AvgIpc) is 2.74. The third-order valence-corrected chi connectivity index (χ3v) is 4.09. The fourth-order valence-corrected chi connectivity index (χ4v) is 2.99. The van der Waals surface area contributed by atoms with Crippen molar-refractivity contribution in [1.29, 1.82) is 0 Å². The highest BCUT2D eigenvalue weighted by Crippen LogP contribution is 2.40. The van der Waals surface area contributed by atoms with E-state index in [9.17, 15) is 15.2 Å². The summed E-state index contributed by atoms with van der Waals surface area (Å²) in [6, 6.07) is 1.52. The second kappa shape index (κ2) is 6.83. The fourth-order valence-electron chi connectivity index (χ4n) is 1.77. The molecule has 0 aliphatic carbocycles. The van der Waals surface area contributed by atoms with Gasteiger partial charge in [-0.25, -0.2) is 0 Å². The summed E-state index contributed by atoms with van der Waals surface area (Å²) < 4.78 is 0. The topological polar surface area (TPSA) is 86.8 Å². The average molecular weight is 288 g/mol. The summed E-state index contributed by atoms with van der Waals surface area (Å²) in [7, 11) is 0. The quantitative estimate of drug-likeness (QED) is 0.594. The van der Waals surface area contributed by atoms with E-state index >= 15 is 0 Å². The molecule has 19 heavy (non-hydrogen) atoms. The number of hydrogen-bond acceptors (Lipinski definition) is 6. The molecular weight excluding hydrogens is 268 g/mol. The predicted octanol–water partition coefficient (Wildman–Crippen LogP) is 2.31. The monoisotopic (exact) mass is 288 g/mol. The molecule has 0 fully saturated rings. The Balaban J connectivity index is 3.16. The number of aliphatic hydroxyl groups excluding tert-OH is 2. The smallest absolute Gasteiger partial charge is 0.304 e. The summed E-state index contributed by atoms with van der Waals surface area (Å²) in [6.07, 6.45) is -0.165. The number of aliphatic hydroxyl groups is 2. The Morgan fingerprint density at radius 3 is 2.53 bits per heavy atom. The van der Waals surface area contributed by atoms with Crippen molar-refractivity contribution in [2.45, 2.75) is 39.3 Å². The van der Waals surface area contributed by atoms with Crippen LogP contribution in [0.5, 0.6) is 0 Å². The standard InChI is InChI=1S/C12H20N2O4S/c1-8(2)13(5-4-6-15)12-10(14(17)18)7-11(19-12)9(3)16/h7-9,15-16H,4-6H2,1-3H3/t9-/m0/s1. The molecule has 0 spiro atoms. The lowest BCUT2D eigenvalue weighted by Crippen LogP contribution is -2.31. The molecule has 0 amide bonds. The minimum Gasteiger partial charge on any atom is -0.396 e. The van der Waals surface area contributed by atoms with Crippen LogP contribution in [0.2, 0.25) is 0 Å². The number of thiophene rings is 1. The van der Waals surface area contributed by atoms with E-state index in [1.807, 2.05) is 18.7 Å². The lowest BCUT2D eigenvalue weighted by Gasteiger charge is -2.26. The van der Waals surface area contributed by atoms with Crippen LogP contribution in [0.15, 0.2) is 6.07 Å². The molecule has 0 aliphatic rings. The summed E-state index contributed by atoms with van der Waals surface area (Å²) in [6.45, 7) is 6.08. The molecular formula is C12H20N2O4S. The first-order valence-corrected chi connectivity index (χ1v) is 7.03. The minimum absolute atomic E-state index is 0.0209. The van der Waals surface area contributed by atoms with Gasteiger partial charge in [0.15, 0.2) is 5.00 Å². The Bertz CT molecular complexity index is 431. The Hall–Kier alpha value is -1.18. The summed E-state index contributed by atoms with van der Waals surface area (Å²) >= 11 is 1.24. The van der Waals surface area contributed by atoms with Crippen LogP contribution in [-0.2, 0) is 0 Å². The molecule has 0 aromatic carbocycles. The molecule has 0 radical (unpaired) electrons. The number of nitrogens with zero attached hydrogens (tertiary/aromatic N) is 2. The van der Waals surface area contributed by atoms with Gasteiger partial charge in [-0.15, -0.1) is 11.3 Å². The van der Waals surface area contributed by atoms with Gasteiger partial charge in [-0.1, -0.05) is 0 Å². The van der Waals surface area contributed by atoms with E-state index in [0.29, 0.717) is 22.8 Å². The number of nitro groups is 1. The van der Waals surface area contributed by atoms with E-state index in [0.717, 1.165) is 0 Å². The van der Waals surface area contributed by atoms with Crippen molar-refractivity contribution in [3.8, 4) is 0 Å². The molecule has 1 aromatic heterocycles. The zero-order valence-corrected chi connectivity index (χ0v) is 12.2. The highest BCUT2D eigenvalue weighted by Gasteiger charge is 2.26. The molecule has 1 atom stereocenters.